The van der Waals surface area contributed by atoms with Crippen molar-refractivity contribution < 1.29 is 23.8 Å². The van der Waals surface area contributed by atoms with Crippen molar-refractivity contribution in [2.45, 2.75) is 25.0 Å². The molecule has 0 aromatic heterocycles. The van der Waals surface area contributed by atoms with Gasteiger partial charge in [-0.05, 0) is 31.0 Å². The highest BCUT2D eigenvalue weighted by molar-refractivity contribution is 6.33. The number of hydrogen-bond acceptors (Lipinski definition) is 3. The lowest BCUT2D eigenvalue weighted by atomic mass is 10.2. The smallest absolute Gasteiger partial charge is 0.332 e. The molecule has 5 nitrogen and oxygen atoms in total. The molecule has 2 N–H and O–H groups in total. The van der Waals surface area contributed by atoms with Crippen LogP contribution in [0, 0.1) is 5.82 Å². The van der Waals surface area contributed by atoms with Crippen LogP contribution in [0.25, 0.3) is 0 Å². The van der Waals surface area contributed by atoms with Crippen molar-refractivity contribution in [1.82, 2.24) is 0 Å². The molecule has 2 atom stereocenters. The Morgan fingerprint density at radius 3 is 2.68 bits per heavy atom. The van der Waals surface area contributed by atoms with Crippen molar-refractivity contribution in [2.75, 3.05) is 5.32 Å². The van der Waals surface area contributed by atoms with Crippen LogP contribution < -0.4 is 5.32 Å². The highest BCUT2D eigenvalue weighted by Gasteiger charge is 2.34. The van der Waals surface area contributed by atoms with Crippen LogP contribution >= 0.6 is 11.6 Å². The number of carboxylic acids is 1. The zero-order chi connectivity index (χ0) is 14.0. The first-order valence-electron chi connectivity index (χ1n) is 5.61. The van der Waals surface area contributed by atoms with E-state index in [1.54, 1.807) is 0 Å². The number of rotatable bonds is 3. The molecule has 0 unspecified atom stereocenters. The maximum Gasteiger partial charge on any atom is 0.332 e. The number of amides is 1. The summed E-state index contributed by atoms with van der Waals surface area (Å²) in [7, 11) is 0. The summed E-state index contributed by atoms with van der Waals surface area (Å²) in [6, 6.07) is 3.58. The number of anilines is 1. The molecule has 2 rings (SSSR count). The fraction of sp³-hybridized carbons (Fsp3) is 0.333. The number of aliphatic carboxylic acids is 1. The molecule has 1 aromatic carbocycles. The van der Waals surface area contributed by atoms with Crippen LogP contribution in [0.1, 0.15) is 12.8 Å². The Bertz CT molecular complexity index is 522. The SMILES string of the molecule is O=C(Nc1cc(F)ccc1Cl)[C@@H]1CC[C@H](C(=O)O)O1. The molecule has 1 aliphatic heterocycles. The number of carboxylic acid groups (broad SMARTS) is 1. The van der Waals surface area contributed by atoms with E-state index in [4.69, 9.17) is 21.4 Å². The summed E-state index contributed by atoms with van der Waals surface area (Å²) in [5.41, 5.74) is 0.133. The molecule has 1 fully saturated rings. The Morgan fingerprint density at radius 2 is 2.05 bits per heavy atom. The molecule has 102 valence electrons. The van der Waals surface area contributed by atoms with E-state index in [0.29, 0.717) is 6.42 Å². The third-order valence-electron chi connectivity index (χ3n) is 2.77. The zero-order valence-corrected chi connectivity index (χ0v) is 10.5. The molecule has 0 aliphatic carbocycles. The Labute approximate surface area is 113 Å². The van der Waals surface area contributed by atoms with E-state index in [2.05, 4.69) is 5.32 Å². The quantitative estimate of drug-likeness (QED) is 0.892. The predicted molar refractivity (Wildman–Crippen MR) is 65.6 cm³/mol. The van der Waals surface area contributed by atoms with E-state index in [9.17, 15) is 14.0 Å². The number of hydrogen-bond donors (Lipinski definition) is 2. The molecule has 0 bridgehead atoms. The van der Waals surface area contributed by atoms with Crippen molar-refractivity contribution in [1.29, 1.82) is 0 Å². The van der Waals surface area contributed by atoms with Gasteiger partial charge in [0.05, 0.1) is 10.7 Å². The Morgan fingerprint density at radius 1 is 1.37 bits per heavy atom. The summed E-state index contributed by atoms with van der Waals surface area (Å²) in [5.74, 6) is -2.16. The van der Waals surface area contributed by atoms with Gasteiger partial charge in [-0.3, -0.25) is 4.79 Å². The normalized spacial score (nSPS) is 22.2. The number of carbonyl (C=O) groups excluding carboxylic acids is 1. The lowest BCUT2D eigenvalue weighted by Gasteiger charge is -2.12. The van der Waals surface area contributed by atoms with Gasteiger partial charge >= 0.3 is 5.97 Å². The van der Waals surface area contributed by atoms with Gasteiger partial charge in [0.1, 0.15) is 11.9 Å². The van der Waals surface area contributed by atoms with Crippen molar-refractivity contribution in [2.24, 2.45) is 0 Å². The minimum atomic E-state index is -1.10. The molecule has 7 heteroatoms. The third kappa shape index (κ3) is 3.21. The third-order valence-corrected chi connectivity index (χ3v) is 3.10. The van der Waals surface area contributed by atoms with E-state index in [1.165, 1.54) is 12.1 Å². The van der Waals surface area contributed by atoms with Gasteiger partial charge in [-0.2, -0.15) is 0 Å². The summed E-state index contributed by atoms with van der Waals surface area (Å²) in [6.45, 7) is 0. The lowest BCUT2D eigenvalue weighted by molar-refractivity contribution is -0.150. The molecular formula is C12H11ClFNO4. The molecule has 0 radical (unpaired) electrons. The van der Waals surface area contributed by atoms with Gasteiger partial charge in [-0.15, -0.1) is 0 Å². The van der Waals surface area contributed by atoms with Gasteiger partial charge in [0.15, 0.2) is 6.10 Å². The van der Waals surface area contributed by atoms with Crippen LogP contribution in [0.4, 0.5) is 10.1 Å². The molecule has 1 amide bonds. The average Bonchev–Trinajstić information content (AvgIpc) is 2.83. The van der Waals surface area contributed by atoms with Gasteiger partial charge in [0.2, 0.25) is 0 Å². The van der Waals surface area contributed by atoms with Crippen molar-refractivity contribution >= 4 is 29.2 Å². The predicted octanol–water partition coefficient (Wildman–Crippen LogP) is 2.05. The first kappa shape index (κ1) is 13.8. The topological polar surface area (TPSA) is 75.6 Å². The summed E-state index contributed by atoms with van der Waals surface area (Å²) >= 11 is 5.81. The van der Waals surface area contributed by atoms with E-state index in [1.807, 2.05) is 0 Å². The first-order valence-corrected chi connectivity index (χ1v) is 5.99. The molecule has 0 saturated carbocycles. The lowest BCUT2D eigenvalue weighted by Crippen LogP contribution is -2.30. The second-order valence-corrected chi connectivity index (χ2v) is 4.55. The fourth-order valence-corrected chi connectivity index (χ4v) is 1.98. The standard InChI is InChI=1S/C12H11ClFNO4/c13-7-2-1-6(14)5-8(7)15-11(16)9-3-4-10(19-9)12(17)18/h1-2,5,9-10H,3-4H2,(H,15,16)(H,17,18)/t9-,10+/m0/s1. The highest BCUT2D eigenvalue weighted by atomic mass is 35.5. The summed E-state index contributed by atoms with van der Waals surface area (Å²) in [5, 5.41) is 11.4. The average molecular weight is 288 g/mol. The van der Waals surface area contributed by atoms with Crippen LogP contribution in [0.5, 0.6) is 0 Å². The van der Waals surface area contributed by atoms with Crippen LogP contribution in [0.2, 0.25) is 5.02 Å². The van der Waals surface area contributed by atoms with Crippen LogP contribution in [0.3, 0.4) is 0 Å². The second-order valence-electron chi connectivity index (χ2n) is 4.14. The number of carbonyl (C=O) groups is 2. The summed E-state index contributed by atoms with van der Waals surface area (Å²) in [6.07, 6.45) is -1.26. The zero-order valence-electron chi connectivity index (χ0n) is 9.73. The van der Waals surface area contributed by atoms with Gasteiger partial charge in [-0.1, -0.05) is 11.6 Å². The van der Waals surface area contributed by atoms with E-state index >= 15 is 0 Å². The molecule has 1 aromatic rings. The maximum atomic E-state index is 13.0. The highest BCUT2D eigenvalue weighted by Crippen LogP contribution is 2.25. The largest absolute Gasteiger partial charge is 0.479 e. The van der Waals surface area contributed by atoms with Gasteiger partial charge in [-0.25, -0.2) is 9.18 Å². The molecule has 1 saturated heterocycles. The number of halogens is 2. The van der Waals surface area contributed by atoms with Gasteiger partial charge in [0.25, 0.3) is 5.91 Å². The Hall–Kier alpha value is -1.66. The van der Waals surface area contributed by atoms with Gasteiger partial charge < -0.3 is 15.2 Å². The molecule has 0 spiro atoms. The van der Waals surface area contributed by atoms with Crippen molar-refractivity contribution in [3.63, 3.8) is 0 Å². The van der Waals surface area contributed by atoms with Crippen LogP contribution in [-0.2, 0) is 14.3 Å². The maximum absolute atomic E-state index is 13.0. The van der Waals surface area contributed by atoms with Crippen LogP contribution in [-0.4, -0.2) is 29.2 Å². The van der Waals surface area contributed by atoms with Crippen molar-refractivity contribution in [3.05, 3.63) is 29.0 Å². The van der Waals surface area contributed by atoms with Crippen molar-refractivity contribution in [3.8, 4) is 0 Å². The number of benzene rings is 1. The molecule has 1 heterocycles. The molecular weight excluding hydrogens is 277 g/mol. The monoisotopic (exact) mass is 287 g/mol. The minimum Gasteiger partial charge on any atom is -0.479 e. The fourth-order valence-electron chi connectivity index (χ4n) is 1.82. The number of ether oxygens (including phenoxy) is 1. The number of nitrogens with one attached hydrogen (secondary N) is 1. The van der Waals surface area contributed by atoms with E-state index < -0.39 is 29.9 Å². The summed E-state index contributed by atoms with van der Waals surface area (Å²) < 4.78 is 18.1. The Kier molecular flexibility index (Phi) is 4.01. The minimum absolute atomic E-state index is 0.133. The van der Waals surface area contributed by atoms with Crippen LogP contribution in [0.15, 0.2) is 18.2 Å². The summed E-state index contributed by atoms with van der Waals surface area (Å²) in [4.78, 5) is 22.5. The van der Waals surface area contributed by atoms with E-state index in [0.717, 1.165) is 6.07 Å². The van der Waals surface area contributed by atoms with E-state index in [-0.39, 0.29) is 17.1 Å². The first-order chi connectivity index (χ1) is 8.97. The molecule has 1 aliphatic rings. The second kappa shape index (κ2) is 5.54. The van der Waals surface area contributed by atoms with Gasteiger partial charge in [0, 0.05) is 0 Å². The Balaban J connectivity index is 2.02. The molecule has 19 heavy (non-hydrogen) atoms.